The number of halogens is 2. The largest absolute Gasteiger partial charge is 0.489 e. The number of carbonyl (C=O) groups excluding carboxylic acids is 1. The fraction of sp³-hybridized carbons (Fsp3) is 0.304. The van der Waals surface area contributed by atoms with Gasteiger partial charge in [0.25, 0.3) is 0 Å². The van der Waals surface area contributed by atoms with Crippen LogP contribution in [-0.2, 0) is 17.8 Å². The molecule has 2 aromatic carbocycles. The molecule has 4 N–H and O–H groups in total. The number of benzene rings is 2. The Hall–Kier alpha value is -2.62. The molecule has 0 bridgehead atoms. The highest BCUT2D eigenvalue weighted by molar-refractivity contribution is 14.0. The molecule has 168 valence electrons. The highest BCUT2D eigenvalue weighted by Crippen LogP contribution is 2.18. The van der Waals surface area contributed by atoms with Crippen molar-refractivity contribution >= 4 is 35.8 Å². The van der Waals surface area contributed by atoms with Crippen molar-refractivity contribution in [2.45, 2.75) is 19.9 Å². The number of ether oxygens (including phenoxy) is 1. The van der Waals surface area contributed by atoms with Gasteiger partial charge in [0, 0.05) is 18.7 Å². The summed E-state index contributed by atoms with van der Waals surface area (Å²) >= 11 is 0. The number of nitrogens with two attached hydrogens (primary N) is 1. The SMILES string of the molecule is C=CCOc1ccccc1CN=C(NCC)NCC(Cc1ccc(F)cc1)C(N)=O.I. The number of carbonyl (C=O) groups is 1. The average molecular weight is 540 g/mol. The van der Waals surface area contributed by atoms with E-state index in [0.717, 1.165) is 16.9 Å². The summed E-state index contributed by atoms with van der Waals surface area (Å²) in [4.78, 5) is 16.5. The van der Waals surface area contributed by atoms with Crippen LogP contribution in [0.2, 0.25) is 0 Å². The minimum absolute atomic E-state index is 0. The Bertz CT molecular complexity index is 859. The maximum absolute atomic E-state index is 13.1. The first-order valence-electron chi connectivity index (χ1n) is 9.91. The number of aliphatic imine (C=N–C) groups is 1. The minimum Gasteiger partial charge on any atom is -0.489 e. The topological polar surface area (TPSA) is 88.7 Å². The molecule has 1 amide bonds. The Kier molecular flexibility index (Phi) is 12.3. The molecule has 8 heteroatoms. The molecule has 0 fully saturated rings. The van der Waals surface area contributed by atoms with Crippen LogP contribution in [0, 0.1) is 11.7 Å². The van der Waals surface area contributed by atoms with Gasteiger partial charge in [-0.1, -0.05) is 43.0 Å². The molecule has 0 radical (unpaired) electrons. The lowest BCUT2D eigenvalue weighted by atomic mass is 9.98. The van der Waals surface area contributed by atoms with Crippen molar-refractivity contribution in [3.05, 3.63) is 78.1 Å². The third kappa shape index (κ3) is 9.37. The number of nitrogens with zero attached hydrogens (tertiary/aromatic N) is 1. The average Bonchev–Trinajstić information content (AvgIpc) is 2.75. The van der Waals surface area contributed by atoms with Crippen LogP contribution in [0.25, 0.3) is 0 Å². The molecule has 31 heavy (non-hydrogen) atoms. The lowest BCUT2D eigenvalue weighted by Crippen LogP contribution is -2.43. The molecule has 1 atom stereocenters. The van der Waals surface area contributed by atoms with Crippen LogP contribution in [0.1, 0.15) is 18.1 Å². The van der Waals surface area contributed by atoms with Crippen LogP contribution in [0.4, 0.5) is 4.39 Å². The van der Waals surface area contributed by atoms with Crippen LogP contribution >= 0.6 is 24.0 Å². The van der Waals surface area contributed by atoms with Crippen LogP contribution in [0.5, 0.6) is 5.75 Å². The lowest BCUT2D eigenvalue weighted by Gasteiger charge is -2.17. The van der Waals surface area contributed by atoms with E-state index in [1.54, 1.807) is 18.2 Å². The van der Waals surface area contributed by atoms with E-state index < -0.39 is 11.8 Å². The van der Waals surface area contributed by atoms with E-state index in [1.807, 2.05) is 31.2 Å². The summed E-state index contributed by atoms with van der Waals surface area (Å²) in [5, 5.41) is 6.33. The first-order chi connectivity index (χ1) is 14.5. The second-order valence-electron chi connectivity index (χ2n) is 6.71. The Labute approximate surface area is 200 Å². The molecular weight excluding hydrogens is 510 g/mol. The van der Waals surface area contributed by atoms with Crippen LogP contribution in [0.3, 0.4) is 0 Å². The van der Waals surface area contributed by atoms with Gasteiger partial charge in [0.2, 0.25) is 5.91 Å². The molecule has 0 heterocycles. The molecule has 0 aliphatic heterocycles. The van der Waals surface area contributed by atoms with Gasteiger partial charge in [-0.15, -0.1) is 24.0 Å². The van der Waals surface area contributed by atoms with Gasteiger partial charge in [-0.2, -0.15) is 0 Å². The number of nitrogens with one attached hydrogen (secondary N) is 2. The Morgan fingerprint density at radius 2 is 1.94 bits per heavy atom. The van der Waals surface area contributed by atoms with Gasteiger partial charge in [-0.25, -0.2) is 9.38 Å². The molecule has 2 aromatic rings. The number of hydrogen-bond donors (Lipinski definition) is 3. The van der Waals surface area contributed by atoms with E-state index in [4.69, 9.17) is 10.5 Å². The normalized spacial score (nSPS) is 11.7. The monoisotopic (exact) mass is 540 g/mol. The summed E-state index contributed by atoms with van der Waals surface area (Å²) in [5.74, 6) is 0.129. The fourth-order valence-corrected chi connectivity index (χ4v) is 2.83. The Balaban J connectivity index is 0.00000480. The lowest BCUT2D eigenvalue weighted by molar-refractivity contribution is -0.121. The maximum Gasteiger partial charge on any atom is 0.222 e. The van der Waals surface area contributed by atoms with Gasteiger partial charge in [0.05, 0.1) is 12.5 Å². The van der Waals surface area contributed by atoms with Crippen molar-refractivity contribution in [2.24, 2.45) is 16.6 Å². The highest BCUT2D eigenvalue weighted by atomic mass is 127. The van der Waals surface area contributed by atoms with Crippen LogP contribution < -0.4 is 21.1 Å². The van der Waals surface area contributed by atoms with E-state index in [2.05, 4.69) is 22.2 Å². The van der Waals surface area contributed by atoms with Crippen molar-refractivity contribution < 1.29 is 13.9 Å². The summed E-state index contributed by atoms with van der Waals surface area (Å²) in [6.07, 6.45) is 2.11. The number of guanidine groups is 1. The second-order valence-corrected chi connectivity index (χ2v) is 6.71. The zero-order valence-corrected chi connectivity index (χ0v) is 20.0. The number of amides is 1. The molecule has 0 aromatic heterocycles. The smallest absolute Gasteiger partial charge is 0.222 e. The van der Waals surface area contributed by atoms with Crippen molar-refractivity contribution in [1.82, 2.24) is 10.6 Å². The van der Waals surface area contributed by atoms with Crippen LogP contribution in [-0.4, -0.2) is 31.6 Å². The Morgan fingerprint density at radius 1 is 1.23 bits per heavy atom. The van der Waals surface area contributed by atoms with Crippen molar-refractivity contribution in [2.75, 3.05) is 19.7 Å². The van der Waals surface area contributed by atoms with Gasteiger partial charge in [0.1, 0.15) is 18.2 Å². The van der Waals surface area contributed by atoms with Gasteiger partial charge in [0.15, 0.2) is 5.96 Å². The predicted molar refractivity (Wildman–Crippen MR) is 133 cm³/mol. The van der Waals surface area contributed by atoms with Gasteiger partial charge >= 0.3 is 0 Å². The van der Waals surface area contributed by atoms with Gasteiger partial charge in [-0.05, 0) is 37.1 Å². The molecule has 2 rings (SSSR count). The van der Waals surface area contributed by atoms with Crippen molar-refractivity contribution in [1.29, 1.82) is 0 Å². The number of rotatable bonds is 11. The molecule has 1 unspecified atom stereocenters. The second kappa shape index (κ2) is 14.4. The summed E-state index contributed by atoms with van der Waals surface area (Å²) < 4.78 is 18.8. The molecule has 0 saturated carbocycles. The number of hydrogen-bond acceptors (Lipinski definition) is 3. The molecule has 0 saturated heterocycles. The van der Waals surface area contributed by atoms with E-state index in [1.165, 1.54) is 12.1 Å². The zero-order chi connectivity index (χ0) is 21.8. The third-order valence-corrected chi connectivity index (χ3v) is 4.39. The fourth-order valence-electron chi connectivity index (χ4n) is 2.83. The van der Waals surface area contributed by atoms with Crippen molar-refractivity contribution in [3.8, 4) is 5.75 Å². The third-order valence-electron chi connectivity index (χ3n) is 4.39. The summed E-state index contributed by atoms with van der Waals surface area (Å²) in [5.41, 5.74) is 7.35. The van der Waals surface area contributed by atoms with E-state index in [-0.39, 0.29) is 29.8 Å². The zero-order valence-electron chi connectivity index (χ0n) is 17.6. The minimum atomic E-state index is -0.456. The maximum atomic E-state index is 13.1. The quantitative estimate of drug-likeness (QED) is 0.177. The van der Waals surface area contributed by atoms with Gasteiger partial charge < -0.3 is 21.1 Å². The van der Waals surface area contributed by atoms with Crippen molar-refractivity contribution in [3.63, 3.8) is 0 Å². The molecule has 0 aliphatic rings. The van der Waals surface area contributed by atoms with E-state index in [0.29, 0.717) is 38.6 Å². The number of para-hydroxylation sites is 1. The number of primary amides is 1. The highest BCUT2D eigenvalue weighted by Gasteiger charge is 2.17. The van der Waals surface area contributed by atoms with Crippen LogP contribution in [0.15, 0.2) is 66.2 Å². The summed E-state index contributed by atoms with van der Waals surface area (Å²) in [6.45, 7) is 7.43. The van der Waals surface area contributed by atoms with E-state index in [9.17, 15) is 9.18 Å². The standard InChI is InChI=1S/C23H29FN4O2.HI/c1-3-13-30-21-8-6-5-7-18(21)15-27-23(26-4-2)28-16-19(22(25)29)14-17-9-11-20(24)12-10-17;/h3,5-12,19H,1,4,13-16H2,2H3,(H2,25,29)(H2,26,27,28);1H. The first kappa shape index (κ1) is 26.4. The molecule has 0 spiro atoms. The van der Waals surface area contributed by atoms with E-state index >= 15 is 0 Å². The molecule has 0 aliphatic carbocycles. The molecular formula is C23H30FIN4O2. The summed E-state index contributed by atoms with van der Waals surface area (Å²) in [7, 11) is 0. The van der Waals surface area contributed by atoms with Gasteiger partial charge in [-0.3, -0.25) is 4.79 Å². The Morgan fingerprint density at radius 3 is 2.58 bits per heavy atom. The first-order valence-corrected chi connectivity index (χ1v) is 9.91. The summed E-state index contributed by atoms with van der Waals surface area (Å²) in [6, 6.07) is 13.7. The predicted octanol–water partition coefficient (Wildman–Crippen LogP) is 3.41. The molecule has 6 nitrogen and oxygen atoms in total.